The smallest absolute Gasteiger partial charge is 0.317 e. The minimum Gasteiger partial charge on any atom is -0.465 e. The molecule has 0 unspecified atom stereocenters. The van der Waals surface area contributed by atoms with Gasteiger partial charge in [-0.1, -0.05) is 0 Å². The third kappa shape index (κ3) is 2.60. The Morgan fingerprint density at radius 1 is 1.52 bits per heavy atom. The molecule has 0 spiro atoms. The lowest BCUT2D eigenvalue weighted by Crippen LogP contribution is -2.31. The molecule has 2 heterocycles. The molecule has 1 aliphatic rings. The number of aromatic nitrogens is 3. The monoisotopic (exact) mass is 305 g/mol. The van der Waals surface area contributed by atoms with E-state index in [2.05, 4.69) is 14.5 Å². The van der Waals surface area contributed by atoms with Gasteiger partial charge in [0, 0.05) is 11.4 Å². The van der Waals surface area contributed by atoms with Crippen molar-refractivity contribution in [1.29, 1.82) is 0 Å². The maximum atomic E-state index is 12.1. The molecule has 2 aromatic rings. The van der Waals surface area contributed by atoms with Gasteiger partial charge in [-0.15, -0.1) is 11.3 Å². The molecule has 112 valence electrons. The first-order chi connectivity index (χ1) is 10.0. The van der Waals surface area contributed by atoms with Crippen LogP contribution in [-0.2, 0) is 14.9 Å². The number of esters is 1. The van der Waals surface area contributed by atoms with E-state index in [4.69, 9.17) is 4.74 Å². The molecular weight excluding hydrogens is 286 g/mol. The molecule has 0 saturated heterocycles. The van der Waals surface area contributed by atoms with Gasteiger partial charge in [-0.3, -0.25) is 4.79 Å². The number of nitrogens with zero attached hydrogens (tertiary/aromatic N) is 3. The van der Waals surface area contributed by atoms with E-state index < -0.39 is 5.41 Å². The molecule has 1 aliphatic carbocycles. The lowest BCUT2D eigenvalue weighted by Gasteiger charge is -2.19. The summed E-state index contributed by atoms with van der Waals surface area (Å²) in [5.41, 5.74) is 1.06. The fourth-order valence-electron chi connectivity index (χ4n) is 2.21. The predicted octanol–water partition coefficient (Wildman–Crippen LogP) is 3.18. The molecule has 0 radical (unpaired) electrons. The van der Waals surface area contributed by atoms with E-state index in [0.29, 0.717) is 12.6 Å². The summed E-state index contributed by atoms with van der Waals surface area (Å²) in [5, 5.41) is 2.85. The van der Waals surface area contributed by atoms with Crippen LogP contribution in [0.2, 0.25) is 0 Å². The maximum Gasteiger partial charge on any atom is 0.317 e. The van der Waals surface area contributed by atoms with Gasteiger partial charge in [0.2, 0.25) is 0 Å². The summed E-state index contributed by atoms with van der Waals surface area (Å²) < 4.78 is 7.32. The number of hydrogen-bond acceptors (Lipinski definition) is 5. The van der Waals surface area contributed by atoms with Crippen LogP contribution in [0.5, 0.6) is 0 Å². The maximum absolute atomic E-state index is 12.1. The van der Waals surface area contributed by atoms with Crippen molar-refractivity contribution in [2.24, 2.45) is 0 Å². The van der Waals surface area contributed by atoms with Gasteiger partial charge in [-0.2, -0.15) is 0 Å². The van der Waals surface area contributed by atoms with Gasteiger partial charge < -0.3 is 9.30 Å². The highest BCUT2D eigenvalue weighted by Gasteiger charge is 2.34. The summed E-state index contributed by atoms with van der Waals surface area (Å²) in [6, 6.07) is 0.563. The third-order valence-corrected chi connectivity index (χ3v) is 4.62. The number of carbonyl (C=O) groups excluding carboxylic acids is 1. The van der Waals surface area contributed by atoms with Crippen molar-refractivity contribution in [1.82, 2.24) is 14.5 Å². The number of thiazole rings is 1. The van der Waals surface area contributed by atoms with E-state index in [0.717, 1.165) is 16.4 Å². The van der Waals surface area contributed by atoms with Gasteiger partial charge in [0.05, 0.1) is 30.5 Å². The number of rotatable bonds is 5. The molecule has 6 heteroatoms. The second-order valence-electron chi connectivity index (χ2n) is 5.80. The summed E-state index contributed by atoms with van der Waals surface area (Å²) in [4.78, 5) is 21.0. The molecular formula is C15H19N3O2S. The van der Waals surface area contributed by atoms with E-state index in [1.54, 1.807) is 11.3 Å². The zero-order valence-electron chi connectivity index (χ0n) is 12.5. The van der Waals surface area contributed by atoms with E-state index >= 15 is 0 Å². The average molecular weight is 305 g/mol. The highest BCUT2D eigenvalue weighted by atomic mass is 32.1. The standard InChI is InChI=1S/C15H19N3O2S/c1-4-20-14(19)15(2,3)12-8-21-13(17-12)11-7-16-9-18(11)10-5-6-10/h7-10H,4-6H2,1-3H3. The van der Waals surface area contributed by atoms with Crippen LogP contribution in [0.15, 0.2) is 17.9 Å². The fraction of sp³-hybridized carbons (Fsp3) is 0.533. The highest BCUT2D eigenvalue weighted by molar-refractivity contribution is 7.13. The van der Waals surface area contributed by atoms with Gasteiger partial charge in [0.25, 0.3) is 0 Å². The van der Waals surface area contributed by atoms with Crippen LogP contribution in [0.1, 0.15) is 45.3 Å². The van der Waals surface area contributed by atoms with Crippen LogP contribution in [-0.4, -0.2) is 27.1 Å². The predicted molar refractivity (Wildman–Crippen MR) is 81.3 cm³/mol. The normalized spacial score (nSPS) is 15.2. The molecule has 0 N–H and O–H groups in total. The van der Waals surface area contributed by atoms with Gasteiger partial charge >= 0.3 is 5.97 Å². The molecule has 0 amide bonds. The van der Waals surface area contributed by atoms with Crippen LogP contribution >= 0.6 is 11.3 Å². The molecule has 0 aromatic carbocycles. The van der Waals surface area contributed by atoms with Crippen LogP contribution in [0, 0.1) is 0 Å². The van der Waals surface area contributed by atoms with Crippen LogP contribution < -0.4 is 0 Å². The Morgan fingerprint density at radius 2 is 2.29 bits per heavy atom. The number of ether oxygens (including phenoxy) is 1. The van der Waals surface area contributed by atoms with Crippen molar-refractivity contribution in [3.05, 3.63) is 23.6 Å². The van der Waals surface area contributed by atoms with Gasteiger partial charge in [-0.05, 0) is 33.6 Å². The summed E-state index contributed by atoms with van der Waals surface area (Å²) in [6.45, 7) is 5.90. The Bertz CT molecular complexity index is 655. The van der Waals surface area contributed by atoms with Crippen LogP contribution in [0.3, 0.4) is 0 Å². The first-order valence-corrected chi connectivity index (χ1v) is 8.07. The quantitative estimate of drug-likeness (QED) is 0.796. The van der Waals surface area contributed by atoms with Crippen molar-refractivity contribution in [3.63, 3.8) is 0 Å². The molecule has 0 aliphatic heterocycles. The number of hydrogen-bond donors (Lipinski definition) is 0. The van der Waals surface area contributed by atoms with Crippen molar-refractivity contribution < 1.29 is 9.53 Å². The summed E-state index contributed by atoms with van der Waals surface area (Å²) >= 11 is 1.55. The largest absolute Gasteiger partial charge is 0.465 e. The van der Waals surface area contributed by atoms with Crippen molar-refractivity contribution in [2.75, 3.05) is 6.61 Å². The van der Waals surface area contributed by atoms with E-state index in [-0.39, 0.29) is 5.97 Å². The highest BCUT2D eigenvalue weighted by Crippen LogP contribution is 2.39. The Morgan fingerprint density at radius 3 is 2.95 bits per heavy atom. The molecule has 1 saturated carbocycles. The van der Waals surface area contributed by atoms with Crippen LogP contribution in [0.25, 0.3) is 10.7 Å². The minimum atomic E-state index is -0.727. The average Bonchev–Trinajstić information content (AvgIpc) is 2.99. The summed E-state index contributed by atoms with van der Waals surface area (Å²) in [5.74, 6) is -0.238. The van der Waals surface area contributed by atoms with Crippen molar-refractivity contribution >= 4 is 17.3 Å². The van der Waals surface area contributed by atoms with Crippen molar-refractivity contribution in [2.45, 2.75) is 45.1 Å². The minimum absolute atomic E-state index is 0.238. The Hall–Kier alpha value is -1.69. The summed E-state index contributed by atoms with van der Waals surface area (Å²) in [7, 11) is 0. The van der Waals surface area contributed by atoms with E-state index in [1.807, 2.05) is 38.7 Å². The van der Waals surface area contributed by atoms with Gasteiger partial charge in [0.15, 0.2) is 0 Å². The number of imidazole rings is 1. The fourth-order valence-corrected chi connectivity index (χ4v) is 3.21. The molecule has 1 fully saturated rings. The van der Waals surface area contributed by atoms with E-state index in [9.17, 15) is 4.79 Å². The van der Waals surface area contributed by atoms with Gasteiger partial charge in [-0.25, -0.2) is 9.97 Å². The summed E-state index contributed by atoms with van der Waals surface area (Å²) in [6.07, 6.45) is 6.12. The van der Waals surface area contributed by atoms with E-state index in [1.165, 1.54) is 12.8 Å². The van der Waals surface area contributed by atoms with Gasteiger partial charge in [0.1, 0.15) is 10.4 Å². The molecule has 0 bridgehead atoms. The Labute approximate surface area is 128 Å². The third-order valence-electron chi connectivity index (χ3n) is 3.76. The molecule has 21 heavy (non-hydrogen) atoms. The Kier molecular flexibility index (Phi) is 3.57. The van der Waals surface area contributed by atoms with Crippen LogP contribution in [0.4, 0.5) is 0 Å². The topological polar surface area (TPSA) is 57.0 Å². The molecule has 0 atom stereocenters. The lowest BCUT2D eigenvalue weighted by molar-refractivity contribution is -0.148. The SMILES string of the molecule is CCOC(=O)C(C)(C)c1csc(-c2cncn2C2CC2)n1. The molecule has 2 aromatic heterocycles. The first-order valence-electron chi connectivity index (χ1n) is 7.19. The number of carbonyl (C=O) groups is 1. The second kappa shape index (κ2) is 5.26. The zero-order valence-corrected chi connectivity index (χ0v) is 13.3. The zero-order chi connectivity index (χ0) is 15.0. The molecule has 5 nitrogen and oxygen atoms in total. The van der Waals surface area contributed by atoms with Crippen molar-refractivity contribution in [3.8, 4) is 10.7 Å². The second-order valence-corrected chi connectivity index (χ2v) is 6.66. The molecule has 3 rings (SSSR count). The first kappa shape index (κ1) is 14.3. The Balaban J connectivity index is 1.89. The lowest BCUT2D eigenvalue weighted by atomic mass is 9.90.